The molecule has 24 heavy (non-hydrogen) atoms. The molecular weight excluding hydrogens is 298 g/mol. The number of carbonyl (C=O) groups is 1. The summed E-state index contributed by atoms with van der Waals surface area (Å²) in [6.45, 7) is 7.61. The van der Waals surface area contributed by atoms with E-state index in [4.69, 9.17) is 0 Å². The Hall–Kier alpha value is -1.35. The highest BCUT2D eigenvalue weighted by atomic mass is 16.3. The highest BCUT2D eigenvalue weighted by Crippen LogP contribution is 2.48. The lowest BCUT2D eigenvalue weighted by molar-refractivity contribution is -0.137. The van der Waals surface area contributed by atoms with Gasteiger partial charge in [0.1, 0.15) is 0 Å². The first-order valence-corrected chi connectivity index (χ1v) is 9.38. The molecule has 1 aliphatic carbocycles. The van der Waals surface area contributed by atoms with E-state index in [0.29, 0.717) is 25.9 Å². The van der Waals surface area contributed by atoms with Crippen LogP contribution >= 0.6 is 0 Å². The number of likely N-dealkylation sites (tertiary alicyclic amines) is 1. The maximum atomic E-state index is 12.7. The fourth-order valence-electron chi connectivity index (χ4n) is 4.85. The van der Waals surface area contributed by atoms with Gasteiger partial charge in [-0.3, -0.25) is 4.79 Å². The Bertz CT molecular complexity index is 593. The predicted molar refractivity (Wildman–Crippen MR) is 96.8 cm³/mol. The molecule has 0 bridgehead atoms. The molecule has 1 aliphatic heterocycles. The van der Waals surface area contributed by atoms with Crippen LogP contribution in [0.1, 0.15) is 64.9 Å². The van der Waals surface area contributed by atoms with Crippen LogP contribution in [0.4, 0.5) is 0 Å². The van der Waals surface area contributed by atoms with E-state index in [0.717, 1.165) is 12.8 Å². The minimum Gasteiger partial charge on any atom is -0.387 e. The first-order valence-electron chi connectivity index (χ1n) is 9.38. The van der Waals surface area contributed by atoms with Crippen LogP contribution in [0.15, 0.2) is 30.3 Å². The lowest BCUT2D eigenvalue weighted by atomic mass is 9.70. The fourth-order valence-corrected chi connectivity index (χ4v) is 4.85. The summed E-state index contributed by atoms with van der Waals surface area (Å²) in [5.41, 5.74) is 0.228. The Balaban J connectivity index is 1.79. The van der Waals surface area contributed by atoms with Crippen LogP contribution < -0.4 is 0 Å². The fraction of sp³-hybridized carbons (Fsp3) is 0.667. The average Bonchev–Trinajstić information content (AvgIpc) is 3.14. The minimum atomic E-state index is -0.777. The summed E-state index contributed by atoms with van der Waals surface area (Å²) in [4.78, 5) is 14.6. The van der Waals surface area contributed by atoms with Crippen LogP contribution in [0.2, 0.25) is 0 Å². The molecule has 3 rings (SSSR count). The van der Waals surface area contributed by atoms with Gasteiger partial charge in [-0.05, 0) is 30.2 Å². The minimum absolute atomic E-state index is 0.0617. The Morgan fingerprint density at radius 2 is 1.79 bits per heavy atom. The second-order valence-corrected chi connectivity index (χ2v) is 8.51. The number of aliphatic hydroxyl groups is 1. The maximum absolute atomic E-state index is 12.7. The van der Waals surface area contributed by atoms with Gasteiger partial charge in [-0.1, -0.05) is 63.9 Å². The van der Waals surface area contributed by atoms with Crippen molar-refractivity contribution >= 4 is 5.91 Å². The molecule has 1 amide bonds. The molecule has 3 heteroatoms. The highest BCUT2D eigenvalue weighted by Gasteiger charge is 2.50. The van der Waals surface area contributed by atoms with Gasteiger partial charge < -0.3 is 10.0 Å². The van der Waals surface area contributed by atoms with Crippen LogP contribution in [0.25, 0.3) is 0 Å². The van der Waals surface area contributed by atoms with Crippen LogP contribution in [-0.2, 0) is 10.2 Å². The number of nitrogens with zero attached hydrogens (tertiary/aromatic N) is 1. The van der Waals surface area contributed by atoms with Crippen molar-refractivity contribution < 1.29 is 9.90 Å². The van der Waals surface area contributed by atoms with Gasteiger partial charge in [0.05, 0.1) is 5.60 Å². The summed E-state index contributed by atoms with van der Waals surface area (Å²) in [6.07, 6.45) is 5.75. The molecular formula is C21H31NO2. The first-order chi connectivity index (χ1) is 11.3. The van der Waals surface area contributed by atoms with E-state index >= 15 is 0 Å². The quantitative estimate of drug-likeness (QED) is 0.890. The lowest BCUT2D eigenvalue weighted by Gasteiger charge is -2.44. The molecule has 1 aromatic carbocycles. The zero-order chi connectivity index (χ0) is 17.4. The van der Waals surface area contributed by atoms with E-state index in [1.54, 1.807) is 0 Å². The van der Waals surface area contributed by atoms with Crippen molar-refractivity contribution in [3.8, 4) is 0 Å². The number of amides is 1. The molecule has 2 aliphatic rings. The molecule has 132 valence electrons. The molecule has 0 spiro atoms. The zero-order valence-corrected chi connectivity index (χ0v) is 15.3. The van der Waals surface area contributed by atoms with Gasteiger partial charge in [-0.2, -0.15) is 0 Å². The number of hydrogen-bond acceptors (Lipinski definition) is 2. The topological polar surface area (TPSA) is 40.5 Å². The zero-order valence-electron chi connectivity index (χ0n) is 15.3. The van der Waals surface area contributed by atoms with Crippen LogP contribution in [0.3, 0.4) is 0 Å². The number of carbonyl (C=O) groups excluding carboxylic acids is 1. The second kappa shape index (κ2) is 6.18. The van der Waals surface area contributed by atoms with Crippen molar-refractivity contribution in [1.82, 2.24) is 4.90 Å². The summed E-state index contributed by atoms with van der Waals surface area (Å²) < 4.78 is 0. The van der Waals surface area contributed by atoms with Gasteiger partial charge in [-0.15, -0.1) is 0 Å². The number of rotatable bonds is 5. The summed E-state index contributed by atoms with van der Waals surface area (Å²) in [7, 11) is 0. The molecule has 1 heterocycles. The van der Waals surface area contributed by atoms with Gasteiger partial charge in [0.25, 0.3) is 0 Å². The standard InChI is InChI=1S/C21H31NO2/c1-4-21(24,20(3)12-8-9-13-20)16-22-15-19(2,14-18(22)23)17-10-6-5-7-11-17/h5-7,10-11,24H,4,8-9,12-16H2,1-3H3/t19-,21+/m0/s1. The third-order valence-electron chi connectivity index (χ3n) is 6.77. The molecule has 1 aromatic rings. The van der Waals surface area contributed by atoms with Crippen LogP contribution in [0.5, 0.6) is 0 Å². The number of benzene rings is 1. The maximum Gasteiger partial charge on any atom is 0.223 e. The molecule has 2 atom stereocenters. The van der Waals surface area contributed by atoms with Crippen LogP contribution in [0, 0.1) is 5.41 Å². The van der Waals surface area contributed by atoms with Crippen molar-refractivity contribution in [2.45, 2.75) is 70.3 Å². The van der Waals surface area contributed by atoms with E-state index in [1.165, 1.54) is 18.4 Å². The molecule has 0 unspecified atom stereocenters. The first kappa shape index (κ1) is 17.5. The van der Waals surface area contributed by atoms with Gasteiger partial charge in [-0.25, -0.2) is 0 Å². The molecule has 2 fully saturated rings. The van der Waals surface area contributed by atoms with Gasteiger partial charge >= 0.3 is 0 Å². The molecule has 1 N–H and O–H groups in total. The monoisotopic (exact) mass is 329 g/mol. The highest BCUT2D eigenvalue weighted by molar-refractivity contribution is 5.81. The van der Waals surface area contributed by atoms with Crippen molar-refractivity contribution in [1.29, 1.82) is 0 Å². The average molecular weight is 329 g/mol. The Morgan fingerprint density at radius 3 is 2.38 bits per heavy atom. The van der Waals surface area contributed by atoms with Crippen molar-refractivity contribution in [2.75, 3.05) is 13.1 Å². The Kier molecular flexibility index (Phi) is 4.50. The van der Waals surface area contributed by atoms with Crippen molar-refractivity contribution in [3.05, 3.63) is 35.9 Å². The predicted octanol–water partition coefficient (Wildman–Crippen LogP) is 3.90. The van der Waals surface area contributed by atoms with Gasteiger partial charge in [0, 0.05) is 24.9 Å². The lowest BCUT2D eigenvalue weighted by Crippen LogP contribution is -2.53. The summed E-state index contributed by atoms with van der Waals surface area (Å²) >= 11 is 0. The SMILES string of the molecule is CC[C@@](O)(CN1C[C@@](C)(c2ccccc2)CC1=O)C1(C)CCCC1. The number of hydrogen-bond donors (Lipinski definition) is 1. The normalized spacial score (nSPS) is 29.0. The van der Waals surface area contributed by atoms with E-state index in [-0.39, 0.29) is 16.7 Å². The van der Waals surface area contributed by atoms with Crippen molar-refractivity contribution in [2.24, 2.45) is 5.41 Å². The van der Waals surface area contributed by atoms with Crippen LogP contribution in [-0.4, -0.2) is 34.6 Å². The molecule has 0 aromatic heterocycles. The van der Waals surface area contributed by atoms with E-state index in [2.05, 4.69) is 32.9 Å². The summed E-state index contributed by atoms with van der Waals surface area (Å²) in [6, 6.07) is 10.3. The second-order valence-electron chi connectivity index (χ2n) is 8.51. The smallest absolute Gasteiger partial charge is 0.223 e. The Morgan fingerprint density at radius 1 is 1.17 bits per heavy atom. The third kappa shape index (κ3) is 2.88. The third-order valence-corrected chi connectivity index (χ3v) is 6.77. The van der Waals surface area contributed by atoms with Gasteiger partial charge in [0.2, 0.25) is 5.91 Å². The largest absolute Gasteiger partial charge is 0.387 e. The Labute approximate surface area is 146 Å². The van der Waals surface area contributed by atoms with E-state index in [1.807, 2.05) is 23.1 Å². The summed E-state index contributed by atoms with van der Waals surface area (Å²) in [5, 5.41) is 11.4. The van der Waals surface area contributed by atoms with Crippen molar-refractivity contribution in [3.63, 3.8) is 0 Å². The number of β-amino-alcohol motifs (C(OH)–C–C–N with tert-alkyl or cyclic N) is 1. The molecule has 1 saturated carbocycles. The molecule has 0 radical (unpaired) electrons. The molecule has 1 saturated heterocycles. The summed E-state index contributed by atoms with van der Waals surface area (Å²) in [5.74, 6) is 0.176. The van der Waals surface area contributed by atoms with Gasteiger partial charge in [0.15, 0.2) is 0 Å². The van der Waals surface area contributed by atoms with E-state index < -0.39 is 5.60 Å². The van der Waals surface area contributed by atoms with E-state index in [9.17, 15) is 9.90 Å². The molecule has 3 nitrogen and oxygen atoms in total.